The van der Waals surface area contributed by atoms with Gasteiger partial charge in [0.15, 0.2) is 0 Å². The van der Waals surface area contributed by atoms with Gasteiger partial charge in [-0.25, -0.2) is 4.79 Å². The summed E-state index contributed by atoms with van der Waals surface area (Å²) in [7, 11) is 1.37. The number of hydrogen-bond acceptors (Lipinski definition) is 2. The first-order valence-corrected chi connectivity index (χ1v) is 6.04. The molecule has 0 aliphatic heterocycles. The van der Waals surface area contributed by atoms with Gasteiger partial charge >= 0.3 is 5.97 Å². The number of ether oxygens (including phenoxy) is 1. The molecule has 0 saturated carbocycles. The van der Waals surface area contributed by atoms with Gasteiger partial charge in [0.05, 0.1) is 7.11 Å². The molecule has 0 bridgehead atoms. The smallest absolute Gasteiger partial charge is 0.354 e. The Hall–Kier alpha value is -2.55. The zero-order valence-corrected chi connectivity index (χ0v) is 10.5. The molecule has 0 radical (unpaired) electrons. The van der Waals surface area contributed by atoms with Crippen molar-refractivity contribution in [3.63, 3.8) is 0 Å². The first-order chi connectivity index (χ1) is 9.28. The predicted octanol–water partition coefficient (Wildman–Crippen LogP) is 3.62. The van der Waals surface area contributed by atoms with E-state index in [1.54, 1.807) is 6.07 Å². The molecule has 0 fully saturated rings. The molecule has 0 saturated heterocycles. The molecule has 3 rings (SSSR count). The number of carbonyl (C=O) groups excluding carboxylic acids is 1. The lowest BCUT2D eigenvalue weighted by atomic mass is 10.1. The van der Waals surface area contributed by atoms with Crippen LogP contribution >= 0.6 is 0 Å². The van der Waals surface area contributed by atoms with Crippen LogP contribution in [0.1, 0.15) is 10.5 Å². The zero-order valence-electron chi connectivity index (χ0n) is 10.5. The fourth-order valence-corrected chi connectivity index (χ4v) is 2.15. The Morgan fingerprint density at radius 3 is 2.58 bits per heavy atom. The van der Waals surface area contributed by atoms with Gasteiger partial charge in [-0.1, -0.05) is 36.4 Å². The molecule has 19 heavy (non-hydrogen) atoms. The number of rotatable bonds is 2. The fourth-order valence-electron chi connectivity index (χ4n) is 2.15. The summed E-state index contributed by atoms with van der Waals surface area (Å²) in [6.07, 6.45) is 0. The molecule has 1 aromatic heterocycles. The Morgan fingerprint density at radius 2 is 1.79 bits per heavy atom. The van der Waals surface area contributed by atoms with Crippen LogP contribution in [-0.4, -0.2) is 18.1 Å². The lowest BCUT2D eigenvalue weighted by molar-refractivity contribution is 0.0595. The van der Waals surface area contributed by atoms with E-state index in [1.807, 2.05) is 24.3 Å². The quantitative estimate of drug-likeness (QED) is 0.707. The van der Waals surface area contributed by atoms with Gasteiger partial charge in [-0.15, -0.1) is 0 Å². The van der Waals surface area contributed by atoms with Crippen LogP contribution in [0.15, 0.2) is 54.6 Å². The van der Waals surface area contributed by atoms with Crippen LogP contribution in [-0.2, 0) is 4.74 Å². The number of hydrogen-bond donors (Lipinski definition) is 1. The minimum atomic E-state index is -0.355. The molecule has 0 amide bonds. The van der Waals surface area contributed by atoms with E-state index < -0.39 is 0 Å². The first-order valence-electron chi connectivity index (χ1n) is 6.04. The second-order valence-electron chi connectivity index (χ2n) is 4.34. The third kappa shape index (κ3) is 2.10. The lowest BCUT2D eigenvalue weighted by Gasteiger charge is -2.02. The largest absolute Gasteiger partial charge is 0.464 e. The van der Waals surface area contributed by atoms with Gasteiger partial charge in [-0.2, -0.15) is 0 Å². The molecule has 1 heterocycles. The second-order valence-corrected chi connectivity index (χ2v) is 4.34. The molecule has 94 valence electrons. The molecule has 0 aliphatic carbocycles. The van der Waals surface area contributed by atoms with Crippen LogP contribution in [0.2, 0.25) is 0 Å². The van der Waals surface area contributed by atoms with Crippen molar-refractivity contribution in [2.45, 2.75) is 0 Å². The summed E-state index contributed by atoms with van der Waals surface area (Å²) in [5, 5.41) is 2.38. The fraction of sp³-hybridized carbons (Fsp3) is 0.0625. The van der Waals surface area contributed by atoms with Crippen LogP contribution < -0.4 is 0 Å². The predicted molar refractivity (Wildman–Crippen MR) is 75.1 cm³/mol. The van der Waals surface area contributed by atoms with E-state index in [-0.39, 0.29) is 5.97 Å². The Bertz CT molecular complexity index is 743. The minimum absolute atomic E-state index is 0.355. The molecule has 2 aromatic carbocycles. The van der Waals surface area contributed by atoms with E-state index >= 15 is 0 Å². The molecular formula is C16H13NO2. The molecule has 0 atom stereocenters. The maximum atomic E-state index is 11.4. The Kier molecular flexibility index (Phi) is 2.80. The van der Waals surface area contributed by atoms with E-state index in [2.05, 4.69) is 34.0 Å². The minimum Gasteiger partial charge on any atom is -0.464 e. The average molecular weight is 251 g/mol. The van der Waals surface area contributed by atoms with Crippen molar-refractivity contribution in [2.75, 3.05) is 7.11 Å². The lowest BCUT2D eigenvalue weighted by Crippen LogP contribution is -2.00. The van der Waals surface area contributed by atoms with Crippen molar-refractivity contribution in [2.24, 2.45) is 0 Å². The Morgan fingerprint density at radius 1 is 1.00 bits per heavy atom. The number of carbonyl (C=O) groups is 1. The topological polar surface area (TPSA) is 42.1 Å². The summed E-state index contributed by atoms with van der Waals surface area (Å²) in [5.41, 5.74) is 2.42. The highest BCUT2D eigenvalue weighted by Crippen LogP contribution is 2.24. The third-order valence-corrected chi connectivity index (χ3v) is 3.15. The molecule has 0 unspecified atom stereocenters. The van der Waals surface area contributed by atoms with Crippen LogP contribution in [0.5, 0.6) is 0 Å². The molecule has 3 nitrogen and oxygen atoms in total. The van der Waals surface area contributed by atoms with E-state index in [0.717, 1.165) is 11.3 Å². The summed E-state index contributed by atoms with van der Waals surface area (Å²) in [6, 6.07) is 18.0. The molecule has 0 spiro atoms. The number of aromatic nitrogens is 1. The van der Waals surface area contributed by atoms with Crippen LogP contribution in [0.3, 0.4) is 0 Å². The van der Waals surface area contributed by atoms with E-state index in [1.165, 1.54) is 17.9 Å². The summed E-state index contributed by atoms with van der Waals surface area (Å²) in [5.74, 6) is -0.355. The van der Waals surface area contributed by atoms with Gasteiger partial charge in [0.1, 0.15) is 5.69 Å². The molecule has 1 N–H and O–H groups in total. The van der Waals surface area contributed by atoms with Gasteiger partial charge in [0.25, 0.3) is 0 Å². The molecule has 3 heteroatoms. The second kappa shape index (κ2) is 4.61. The third-order valence-electron chi connectivity index (χ3n) is 3.15. The molecule has 3 aromatic rings. The SMILES string of the molecule is COC(=O)c1ccc(-c2ccc3ccccc3c2)[nH]1. The Balaban J connectivity index is 2.04. The van der Waals surface area contributed by atoms with Crippen molar-refractivity contribution >= 4 is 16.7 Å². The van der Waals surface area contributed by atoms with Crippen LogP contribution in [0.4, 0.5) is 0 Å². The maximum Gasteiger partial charge on any atom is 0.354 e. The highest BCUT2D eigenvalue weighted by atomic mass is 16.5. The number of H-pyrrole nitrogens is 1. The van der Waals surface area contributed by atoms with Crippen molar-refractivity contribution < 1.29 is 9.53 Å². The van der Waals surface area contributed by atoms with Gasteiger partial charge in [-0.05, 0) is 34.5 Å². The summed E-state index contributed by atoms with van der Waals surface area (Å²) in [6.45, 7) is 0. The van der Waals surface area contributed by atoms with Crippen LogP contribution in [0, 0.1) is 0 Å². The number of esters is 1. The highest BCUT2D eigenvalue weighted by Gasteiger charge is 2.09. The molecule has 0 aliphatic rings. The number of nitrogens with one attached hydrogen (secondary N) is 1. The summed E-state index contributed by atoms with van der Waals surface area (Å²) in [4.78, 5) is 14.5. The van der Waals surface area contributed by atoms with Gasteiger partial charge in [0.2, 0.25) is 0 Å². The van der Waals surface area contributed by atoms with Crippen molar-refractivity contribution in [1.82, 2.24) is 4.98 Å². The zero-order chi connectivity index (χ0) is 13.2. The van der Waals surface area contributed by atoms with Crippen molar-refractivity contribution in [3.8, 4) is 11.3 Å². The Labute approximate surface area is 110 Å². The highest BCUT2D eigenvalue weighted by molar-refractivity contribution is 5.90. The van der Waals surface area contributed by atoms with Crippen molar-refractivity contribution in [1.29, 1.82) is 0 Å². The summed E-state index contributed by atoms with van der Waals surface area (Å²) < 4.78 is 4.69. The standard InChI is InChI=1S/C16H13NO2/c1-19-16(18)15-9-8-14(17-15)13-7-6-11-4-2-3-5-12(11)10-13/h2-10,17H,1H3. The van der Waals surface area contributed by atoms with Gasteiger partial charge in [0, 0.05) is 5.69 Å². The number of methoxy groups -OCH3 is 1. The molecular weight excluding hydrogens is 238 g/mol. The first kappa shape index (κ1) is 11.5. The maximum absolute atomic E-state index is 11.4. The van der Waals surface area contributed by atoms with Gasteiger partial charge < -0.3 is 9.72 Å². The number of fused-ring (bicyclic) bond motifs is 1. The average Bonchev–Trinajstić information content (AvgIpc) is 2.95. The number of benzene rings is 2. The van der Waals surface area contributed by atoms with Crippen molar-refractivity contribution in [3.05, 3.63) is 60.3 Å². The van der Waals surface area contributed by atoms with Gasteiger partial charge in [-0.3, -0.25) is 0 Å². The summed E-state index contributed by atoms with van der Waals surface area (Å²) >= 11 is 0. The van der Waals surface area contributed by atoms with E-state index in [4.69, 9.17) is 0 Å². The normalized spacial score (nSPS) is 10.6. The van der Waals surface area contributed by atoms with E-state index in [0.29, 0.717) is 5.69 Å². The monoisotopic (exact) mass is 251 g/mol. The number of aromatic amines is 1. The van der Waals surface area contributed by atoms with Crippen LogP contribution in [0.25, 0.3) is 22.0 Å². The van der Waals surface area contributed by atoms with E-state index in [9.17, 15) is 4.79 Å².